The number of anilines is 2. The van der Waals surface area contributed by atoms with Crippen molar-refractivity contribution < 1.29 is 4.79 Å². The molecule has 7 heteroatoms. The zero-order chi connectivity index (χ0) is 22.0. The third kappa shape index (κ3) is 4.22. The topological polar surface area (TPSA) is 66.3 Å². The van der Waals surface area contributed by atoms with Gasteiger partial charge in [-0.05, 0) is 49.3 Å². The monoisotopic (exact) mass is 420 g/mol. The maximum Gasteiger partial charge on any atom is 0.317 e. The zero-order valence-electron chi connectivity index (χ0n) is 18.9. The average Bonchev–Trinajstić information content (AvgIpc) is 3.18. The Morgan fingerprint density at radius 3 is 2.68 bits per heavy atom. The van der Waals surface area contributed by atoms with Crippen molar-refractivity contribution in [3.8, 4) is 0 Å². The highest BCUT2D eigenvalue weighted by molar-refractivity contribution is 5.79. The van der Waals surface area contributed by atoms with E-state index in [4.69, 9.17) is 0 Å². The van der Waals surface area contributed by atoms with Crippen LogP contribution in [-0.2, 0) is 13.5 Å². The van der Waals surface area contributed by atoms with Crippen molar-refractivity contribution in [2.75, 3.05) is 31.6 Å². The fourth-order valence-corrected chi connectivity index (χ4v) is 4.48. The van der Waals surface area contributed by atoms with Crippen LogP contribution in [-0.4, -0.2) is 52.1 Å². The molecule has 0 saturated carbocycles. The van der Waals surface area contributed by atoms with E-state index in [1.807, 2.05) is 36.0 Å². The molecule has 0 radical (unpaired) electrons. The highest BCUT2D eigenvalue weighted by atomic mass is 16.2. The lowest BCUT2D eigenvalue weighted by atomic mass is 9.88. The predicted octanol–water partition coefficient (Wildman–Crippen LogP) is 4.21. The fourth-order valence-electron chi connectivity index (χ4n) is 4.48. The van der Waals surface area contributed by atoms with E-state index in [0.29, 0.717) is 12.5 Å². The SMILES string of the molecule is CCNC(=O)N1CCC(c2ccc(N(C)c3cc4c(cn3)ncn4C)c(CC)c2)CC1. The maximum absolute atomic E-state index is 12.1. The summed E-state index contributed by atoms with van der Waals surface area (Å²) in [6.07, 6.45) is 6.63. The molecule has 3 heterocycles. The summed E-state index contributed by atoms with van der Waals surface area (Å²) in [5.41, 5.74) is 5.85. The standard InChI is InChI=1S/C24H32N6O/c1-5-17-13-19(18-9-11-30(12-10-18)24(31)25-6-2)7-8-21(17)29(4)23-14-22-20(15-26-23)27-16-28(22)3/h7-8,13-16,18H,5-6,9-12H2,1-4H3,(H,25,31). The van der Waals surface area contributed by atoms with E-state index in [0.717, 1.165) is 49.2 Å². The maximum atomic E-state index is 12.1. The molecule has 0 aliphatic carbocycles. The third-order valence-electron chi connectivity index (χ3n) is 6.37. The van der Waals surface area contributed by atoms with Crippen LogP contribution in [0.1, 0.15) is 43.7 Å². The number of amides is 2. The van der Waals surface area contributed by atoms with Crippen molar-refractivity contribution in [3.05, 3.63) is 47.9 Å². The number of benzene rings is 1. The molecule has 0 unspecified atom stereocenters. The lowest BCUT2D eigenvalue weighted by molar-refractivity contribution is 0.182. The van der Waals surface area contributed by atoms with Crippen molar-refractivity contribution in [1.82, 2.24) is 24.8 Å². The Bertz CT molecular complexity index is 1070. The molecule has 3 aromatic rings. The molecule has 1 aliphatic heterocycles. The molecule has 164 valence electrons. The number of imidazole rings is 1. The number of likely N-dealkylation sites (tertiary alicyclic amines) is 1. The summed E-state index contributed by atoms with van der Waals surface area (Å²) in [6.45, 7) is 6.46. The molecule has 2 amide bonds. The quantitative estimate of drug-likeness (QED) is 0.672. The van der Waals surface area contributed by atoms with Crippen LogP contribution in [0.5, 0.6) is 0 Å². The molecule has 0 bridgehead atoms. The molecule has 1 saturated heterocycles. The molecule has 7 nitrogen and oxygen atoms in total. The number of nitrogens with zero attached hydrogens (tertiary/aromatic N) is 5. The predicted molar refractivity (Wildman–Crippen MR) is 125 cm³/mol. The lowest BCUT2D eigenvalue weighted by Gasteiger charge is -2.32. The van der Waals surface area contributed by atoms with Gasteiger partial charge in [-0.1, -0.05) is 19.1 Å². The molecular formula is C24H32N6O. The van der Waals surface area contributed by atoms with E-state index in [9.17, 15) is 4.79 Å². The highest BCUT2D eigenvalue weighted by Gasteiger charge is 2.24. The van der Waals surface area contributed by atoms with Crippen molar-refractivity contribution in [2.45, 2.75) is 39.0 Å². The summed E-state index contributed by atoms with van der Waals surface area (Å²) in [6, 6.07) is 8.97. The first-order valence-corrected chi connectivity index (χ1v) is 11.2. The van der Waals surface area contributed by atoms with Gasteiger partial charge in [-0.2, -0.15) is 0 Å². The van der Waals surface area contributed by atoms with Crippen LogP contribution >= 0.6 is 0 Å². The van der Waals surface area contributed by atoms with Gasteiger partial charge in [0.05, 0.1) is 18.0 Å². The molecule has 1 aliphatic rings. The summed E-state index contributed by atoms with van der Waals surface area (Å²) >= 11 is 0. The second-order valence-corrected chi connectivity index (χ2v) is 8.28. The number of pyridine rings is 1. The smallest absolute Gasteiger partial charge is 0.317 e. The molecular weight excluding hydrogens is 388 g/mol. The zero-order valence-corrected chi connectivity index (χ0v) is 18.9. The largest absolute Gasteiger partial charge is 0.338 e. The van der Waals surface area contributed by atoms with Crippen LogP contribution < -0.4 is 10.2 Å². The Hall–Kier alpha value is -3.09. The van der Waals surface area contributed by atoms with Crippen molar-refractivity contribution in [2.24, 2.45) is 7.05 Å². The van der Waals surface area contributed by atoms with Crippen LogP contribution in [0.2, 0.25) is 0 Å². The number of piperidine rings is 1. The van der Waals surface area contributed by atoms with Gasteiger partial charge in [0.1, 0.15) is 11.3 Å². The Morgan fingerprint density at radius 1 is 1.19 bits per heavy atom. The van der Waals surface area contributed by atoms with E-state index in [1.165, 1.54) is 16.8 Å². The van der Waals surface area contributed by atoms with Gasteiger partial charge < -0.3 is 19.7 Å². The van der Waals surface area contributed by atoms with Crippen molar-refractivity contribution >= 4 is 28.6 Å². The molecule has 0 spiro atoms. The number of nitrogens with one attached hydrogen (secondary N) is 1. The second-order valence-electron chi connectivity index (χ2n) is 8.28. The Labute approximate surface area is 184 Å². The number of hydrogen-bond donors (Lipinski definition) is 1. The summed E-state index contributed by atoms with van der Waals surface area (Å²) in [5, 5.41) is 2.91. The van der Waals surface area contributed by atoms with E-state index < -0.39 is 0 Å². The number of urea groups is 1. The van der Waals surface area contributed by atoms with Crippen LogP contribution in [0.3, 0.4) is 0 Å². The third-order valence-corrected chi connectivity index (χ3v) is 6.37. The van der Waals surface area contributed by atoms with E-state index in [2.05, 4.69) is 58.4 Å². The van der Waals surface area contributed by atoms with Crippen LogP contribution in [0, 0.1) is 0 Å². The molecule has 1 N–H and O–H groups in total. The first-order valence-electron chi connectivity index (χ1n) is 11.2. The van der Waals surface area contributed by atoms with Crippen molar-refractivity contribution in [1.29, 1.82) is 0 Å². The first kappa shape index (κ1) is 21.2. The first-order chi connectivity index (χ1) is 15.0. The van der Waals surface area contributed by atoms with E-state index in [-0.39, 0.29) is 6.03 Å². The second kappa shape index (κ2) is 8.96. The molecule has 1 aromatic carbocycles. The van der Waals surface area contributed by atoms with Gasteiger partial charge in [-0.15, -0.1) is 0 Å². The minimum absolute atomic E-state index is 0.0602. The number of fused-ring (bicyclic) bond motifs is 1. The number of hydrogen-bond acceptors (Lipinski definition) is 4. The Morgan fingerprint density at radius 2 is 1.97 bits per heavy atom. The highest BCUT2D eigenvalue weighted by Crippen LogP contribution is 2.34. The molecule has 4 rings (SSSR count). The van der Waals surface area contributed by atoms with Gasteiger partial charge in [0.25, 0.3) is 0 Å². The van der Waals surface area contributed by atoms with Crippen molar-refractivity contribution in [3.63, 3.8) is 0 Å². The normalized spacial score (nSPS) is 14.8. The van der Waals surface area contributed by atoms with E-state index in [1.54, 1.807) is 0 Å². The molecule has 31 heavy (non-hydrogen) atoms. The minimum Gasteiger partial charge on any atom is -0.338 e. The van der Waals surface area contributed by atoms with Gasteiger partial charge in [0, 0.05) is 45.5 Å². The molecule has 2 aromatic heterocycles. The van der Waals surface area contributed by atoms with Gasteiger partial charge in [-0.25, -0.2) is 14.8 Å². The number of aromatic nitrogens is 3. The minimum atomic E-state index is 0.0602. The van der Waals surface area contributed by atoms with Gasteiger partial charge in [0.15, 0.2) is 0 Å². The number of carbonyl (C=O) groups excluding carboxylic acids is 1. The number of carbonyl (C=O) groups is 1. The summed E-state index contributed by atoms with van der Waals surface area (Å²) in [4.78, 5) is 25.2. The van der Waals surface area contributed by atoms with Gasteiger partial charge in [0.2, 0.25) is 0 Å². The summed E-state index contributed by atoms with van der Waals surface area (Å²) in [5.74, 6) is 1.41. The fraction of sp³-hybridized carbons (Fsp3) is 0.458. The van der Waals surface area contributed by atoms with E-state index >= 15 is 0 Å². The molecule has 0 atom stereocenters. The summed E-state index contributed by atoms with van der Waals surface area (Å²) < 4.78 is 2.02. The number of rotatable bonds is 5. The Kier molecular flexibility index (Phi) is 6.11. The van der Waals surface area contributed by atoms with Crippen LogP contribution in [0.15, 0.2) is 36.8 Å². The number of aryl methyl sites for hydroxylation is 2. The van der Waals surface area contributed by atoms with Gasteiger partial charge in [-0.3, -0.25) is 0 Å². The van der Waals surface area contributed by atoms with Crippen LogP contribution in [0.25, 0.3) is 11.0 Å². The Balaban J connectivity index is 1.52. The summed E-state index contributed by atoms with van der Waals surface area (Å²) in [7, 11) is 4.08. The van der Waals surface area contributed by atoms with Gasteiger partial charge >= 0.3 is 6.03 Å². The molecule has 1 fully saturated rings. The van der Waals surface area contributed by atoms with Crippen LogP contribution in [0.4, 0.5) is 16.3 Å². The lowest BCUT2D eigenvalue weighted by Crippen LogP contribution is -2.44. The average molecular weight is 421 g/mol.